The normalized spacial score (nSPS) is 13.6. The number of nitrogens with two attached hydrogens (primary N) is 1. The molecule has 0 spiro atoms. The third kappa shape index (κ3) is 2.25. The van der Waals surface area contributed by atoms with Crippen molar-refractivity contribution in [1.29, 1.82) is 0 Å². The molecular formula is C4H7F3N2. The van der Waals surface area contributed by atoms with E-state index < -0.39 is 11.9 Å². The Kier molecular flexibility index (Phi) is 2.36. The predicted molar refractivity (Wildman–Crippen MR) is 27.4 cm³/mol. The molecule has 0 saturated carbocycles. The first-order valence-electron chi connectivity index (χ1n) is 2.19. The van der Waals surface area contributed by atoms with Gasteiger partial charge >= 0.3 is 6.18 Å². The number of nitrogens with one attached hydrogen (secondary N) is 1. The van der Waals surface area contributed by atoms with Crippen LogP contribution in [0, 0.1) is 0 Å². The van der Waals surface area contributed by atoms with Crippen molar-refractivity contribution in [2.75, 3.05) is 7.05 Å². The lowest BCUT2D eigenvalue weighted by atomic mass is 10.5. The molecule has 0 aliphatic carbocycles. The Morgan fingerprint density at radius 2 is 2.00 bits per heavy atom. The number of halogens is 3. The highest BCUT2D eigenvalue weighted by Gasteiger charge is 2.32. The van der Waals surface area contributed by atoms with Crippen molar-refractivity contribution in [3.05, 3.63) is 11.9 Å². The van der Waals surface area contributed by atoms with Crippen LogP contribution in [0.5, 0.6) is 0 Å². The van der Waals surface area contributed by atoms with Crippen molar-refractivity contribution in [2.45, 2.75) is 6.18 Å². The molecule has 0 fully saturated rings. The van der Waals surface area contributed by atoms with E-state index >= 15 is 0 Å². The highest BCUT2D eigenvalue weighted by atomic mass is 19.4. The van der Waals surface area contributed by atoms with E-state index in [-0.39, 0.29) is 0 Å². The molecule has 0 radical (unpaired) electrons. The molecule has 0 aromatic rings. The van der Waals surface area contributed by atoms with Crippen molar-refractivity contribution in [1.82, 2.24) is 5.32 Å². The Balaban J connectivity index is 4.14. The summed E-state index contributed by atoms with van der Waals surface area (Å²) < 4.78 is 34.5. The third-order valence-electron chi connectivity index (χ3n) is 0.741. The van der Waals surface area contributed by atoms with Crippen LogP contribution < -0.4 is 11.1 Å². The number of hydrogen-bond donors (Lipinski definition) is 2. The Morgan fingerprint density at radius 3 is 2.00 bits per heavy atom. The highest BCUT2D eigenvalue weighted by molar-refractivity contribution is 5.02. The van der Waals surface area contributed by atoms with Gasteiger partial charge in [-0.2, -0.15) is 13.2 Å². The van der Waals surface area contributed by atoms with E-state index in [1.165, 1.54) is 0 Å². The van der Waals surface area contributed by atoms with E-state index in [0.29, 0.717) is 6.20 Å². The minimum atomic E-state index is -4.36. The van der Waals surface area contributed by atoms with Gasteiger partial charge in [0.2, 0.25) is 0 Å². The van der Waals surface area contributed by atoms with Crippen LogP contribution in [-0.2, 0) is 0 Å². The summed E-state index contributed by atoms with van der Waals surface area (Å²) in [4.78, 5) is 0. The predicted octanol–water partition coefficient (Wildman–Crippen LogP) is 0.568. The summed E-state index contributed by atoms with van der Waals surface area (Å²) in [5, 5.41) is 1.90. The minimum absolute atomic E-state index is 0.486. The van der Waals surface area contributed by atoms with Gasteiger partial charge in [-0.25, -0.2) is 0 Å². The van der Waals surface area contributed by atoms with Crippen LogP contribution in [0.2, 0.25) is 0 Å². The molecule has 9 heavy (non-hydrogen) atoms. The van der Waals surface area contributed by atoms with E-state index in [1.807, 2.05) is 5.32 Å². The molecule has 3 N–H and O–H groups in total. The van der Waals surface area contributed by atoms with E-state index in [4.69, 9.17) is 0 Å². The topological polar surface area (TPSA) is 38.0 Å². The van der Waals surface area contributed by atoms with Crippen LogP contribution in [0.15, 0.2) is 11.9 Å². The second-order valence-electron chi connectivity index (χ2n) is 1.33. The standard InChI is InChI=1S/C4H7F3N2/c1-9-3(2-8)4(5,6)7/h2,9H,8H2,1H3/b3-2-. The van der Waals surface area contributed by atoms with Gasteiger partial charge in [0.05, 0.1) is 0 Å². The highest BCUT2D eigenvalue weighted by Crippen LogP contribution is 2.21. The fourth-order valence-electron chi connectivity index (χ4n) is 0.320. The van der Waals surface area contributed by atoms with E-state index in [2.05, 4.69) is 5.73 Å². The largest absolute Gasteiger partial charge is 0.432 e. The van der Waals surface area contributed by atoms with Gasteiger partial charge < -0.3 is 11.1 Å². The number of rotatable bonds is 1. The smallest absolute Gasteiger partial charge is 0.403 e. The summed E-state index contributed by atoms with van der Waals surface area (Å²) in [7, 11) is 1.16. The van der Waals surface area contributed by atoms with Crippen molar-refractivity contribution in [2.24, 2.45) is 5.73 Å². The Bertz CT molecular complexity index is 115. The molecule has 0 saturated heterocycles. The molecule has 54 valence electrons. The quantitative estimate of drug-likeness (QED) is 0.558. The summed E-state index contributed by atoms with van der Waals surface area (Å²) in [6, 6.07) is 0. The molecule has 2 nitrogen and oxygen atoms in total. The lowest BCUT2D eigenvalue weighted by Crippen LogP contribution is -2.24. The van der Waals surface area contributed by atoms with E-state index in [9.17, 15) is 13.2 Å². The summed E-state index contributed by atoms with van der Waals surface area (Å²) in [5.41, 5.74) is 3.70. The SMILES string of the molecule is CN/C(=C\N)C(F)(F)F. The maximum absolute atomic E-state index is 11.5. The van der Waals surface area contributed by atoms with Crippen LogP contribution >= 0.6 is 0 Å². The summed E-state index contributed by atoms with van der Waals surface area (Å²) >= 11 is 0. The van der Waals surface area contributed by atoms with Gasteiger partial charge in [-0.3, -0.25) is 0 Å². The average Bonchev–Trinajstić information content (AvgIpc) is 1.65. The molecule has 0 aliphatic heterocycles. The zero-order valence-corrected chi connectivity index (χ0v) is 4.79. The fraction of sp³-hybridized carbons (Fsp3) is 0.500. The lowest BCUT2D eigenvalue weighted by molar-refractivity contribution is -0.0962. The summed E-state index contributed by atoms with van der Waals surface area (Å²) in [6.45, 7) is 0. The molecule has 0 aromatic heterocycles. The van der Waals surface area contributed by atoms with Gasteiger partial charge in [0, 0.05) is 13.2 Å². The molecule has 5 heteroatoms. The lowest BCUT2D eigenvalue weighted by Gasteiger charge is -2.08. The van der Waals surface area contributed by atoms with Crippen LogP contribution in [-0.4, -0.2) is 13.2 Å². The van der Waals surface area contributed by atoms with E-state index in [1.54, 1.807) is 0 Å². The van der Waals surface area contributed by atoms with Gasteiger partial charge in [0.15, 0.2) is 0 Å². The Labute approximate surface area is 50.5 Å². The van der Waals surface area contributed by atoms with Gasteiger partial charge in [-0.1, -0.05) is 0 Å². The van der Waals surface area contributed by atoms with Crippen molar-refractivity contribution in [3.8, 4) is 0 Å². The van der Waals surface area contributed by atoms with Gasteiger partial charge in [0.25, 0.3) is 0 Å². The molecular weight excluding hydrogens is 133 g/mol. The first-order chi connectivity index (χ1) is 4.02. The molecule has 0 atom stereocenters. The monoisotopic (exact) mass is 140 g/mol. The van der Waals surface area contributed by atoms with Gasteiger partial charge in [-0.05, 0) is 0 Å². The maximum atomic E-state index is 11.5. The third-order valence-corrected chi connectivity index (χ3v) is 0.741. The fourth-order valence-corrected chi connectivity index (χ4v) is 0.320. The number of allylic oxidation sites excluding steroid dienone is 1. The van der Waals surface area contributed by atoms with Gasteiger partial charge in [0.1, 0.15) is 5.70 Å². The first kappa shape index (κ1) is 8.13. The Hall–Kier alpha value is -0.870. The second kappa shape index (κ2) is 2.61. The number of hydrogen-bond acceptors (Lipinski definition) is 2. The molecule has 0 amide bonds. The van der Waals surface area contributed by atoms with E-state index in [0.717, 1.165) is 7.05 Å². The first-order valence-corrected chi connectivity index (χ1v) is 2.19. The summed E-state index contributed by atoms with van der Waals surface area (Å²) in [6.07, 6.45) is -3.87. The van der Waals surface area contributed by atoms with Crippen molar-refractivity contribution in [3.63, 3.8) is 0 Å². The zero-order chi connectivity index (χ0) is 7.49. The molecule has 0 unspecified atom stereocenters. The van der Waals surface area contributed by atoms with Crippen LogP contribution in [0.25, 0.3) is 0 Å². The van der Waals surface area contributed by atoms with Crippen LogP contribution in [0.1, 0.15) is 0 Å². The summed E-state index contributed by atoms with van der Waals surface area (Å²) in [5.74, 6) is 0. The number of alkyl halides is 3. The molecule has 0 bridgehead atoms. The van der Waals surface area contributed by atoms with Crippen molar-refractivity contribution >= 4 is 0 Å². The average molecular weight is 140 g/mol. The zero-order valence-electron chi connectivity index (χ0n) is 4.79. The van der Waals surface area contributed by atoms with Gasteiger partial charge in [-0.15, -0.1) is 0 Å². The minimum Gasteiger partial charge on any atom is -0.403 e. The second-order valence-corrected chi connectivity index (χ2v) is 1.33. The van der Waals surface area contributed by atoms with Crippen molar-refractivity contribution < 1.29 is 13.2 Å². The van der Waals surface area contributed by atoms with Crippen LogP contribution in [0.3, 0.4) is 0 Å². The molecule has 0 heterocycles. The molecule has 0 aliphatic rings. The Morgan fingerprint density at radius 1 is 1.56 bits per heavy atom. The molecule has 0 aromatic carbocycles. The molecule has 0 rings (SSSR count). The maximum Gasteiger partial charge on any atom is 0.432 e. The van der Waals surface area contributed by atoms with Crippen LogP contribution in [0.4, 0.5) is 13.2 Å².